The van der Waals surface area contributed by atoms with Crippen LogP contribution in [0.4, 0.5) is 5.69 Å². The van der Waals surface area contributed by atoms with E-state index in [1.54, 1.807) is 37.4 Å². The van der Waals surface area contributed by atoms with E-state index in [4.69, 9.17) is 5.26 Å². The molecule has 0 aliphatic heterocycles. The Kier molecular flexibility index (Phi) is 5.64. The molecule has 0 fully saturated rings. The zero-order chi connectivity index (χ0) is 18.4. The molecule has 0 radical (unpaired) electrons. The molecule has 0 aliphatic carbocycles. The van der Waals surface area contributed by atoms with Gasteiger partial charge in [0.25, 0.3) is 5.91 Å². The topological polar surface area (TPSA) is 90.3 Å². The van der Waals surface area contributed by atoms with Crippen molar-refractivity contribution in [3.63, 3.8) is 0 Å². The Balaban J connectivity index is 2.29. The summed E-state index contributed by atoms with van der Waals surface area (Å²) in [5.41, 5.74) is 1.15. The monoisotopic (exact) mass is 335 g/mol. The van der Waals surface area contributed by atoms with Crippen LogP contribution in [-0.4, -0.2) is 31.7 Å². The van der Waals surface area contributed by atoms with Crippen LogP contribution in [0, 0.1) is 17.2 Å². The Bertz CT molecular complexity index is 840. The third kappa shape index (κ3) is 3.90. The minimum atomic E-state index is -1.44. The minimum absolute atomic E-state index is 0.141. The van der Waals surface area contributed by atoms with Gasteiger partial charge in [-0.3, -0.25) is 14.4 Å². The van der Waals surface area contributed by atoms with Gasteiger partial charge in [0.2, 0.25) is 5.91 Å². The molecule has 0 spiro atoms. The normalized spacial score (nSPS) is 11.1. The van der Waals surface area contributed by atoms with E-state index >= 15 is 0 Å². The number of carbonyl (C=O) groups is 3. The first-order valence-corrected chi connectivity index (χ1v) is 7.58. The molecule has 2 aromatic rings. The average Bonchev–Trinajstić information content (AvgIpc) is 2.67. The first kappa shape index (κ1) is 17.9. The number of hydrogen-bond acceptors (Lipinski definition) is 4. The third-order valence-corrected chi connectivity index (χ3v) is 3.74. The summed E-state index contributed by atoms with van der Waals surface area (Å²) in [5.74, 6) is -3.05. The summed E-state index contributed by atoms with van der Waals surface area (Å²) in [6.07, 6.45) is 0. The van der Waals surface area contributed by atoms with E-state index in [1.165, 1.54) is 24.1 Å². The van der Waals surface area contributed by atoms with E-state index in [2.05, 4.69) is 5.32 Å². The standard InChI is InChI=1S/C19H17N3O3/c1-21-18(24)16(12-20)17(23)13-7-6-8-14(11-13)19(25)22(2)15-9-4-3-5-10-15/h3-11,16H,1-2H3,(H,21,24)/t16-/m0/s1. The lowest BCUT2D eigenvalue weighted by atomic mass is 9.96. The predicted octanol–water partition coefficient (Wildman–Crippen LogP) is 2.03. The molecule has 2 rings (SSSR count). The second-order valence-electron chi connectivity index (χ2n) is 5.32. The fraction of sp³-hybridized carbons (Fsp3) is 0.158. The van der Waals surface area contributed by atoms with Gasteiger partial charge in [-0.05, 0) is 24.3 Å². The summed E-state index contributed by atoms with van der Waals surface area (Å²) in [5, 5.41) is 11.4. The molecule has 2 aromatic carbocycles. The number of ketones is 1. The van der Waals surface area contributed by atoms with Crippen LogP contribution in [0.3, 0.4) is 0 Å². The summed E-state index contributed by atoms with van der Waals surface area (Å²) < 4.78 is 0. The second-order valence-corrected chi connectivity index (χ2v) is 5.32. The zero-order valence-corrected chi connectivity index (χ0v) is 13.9. The molecule has 0 aliphatic rings. The molecular weight excluding hydrogens is 318 g/mol. The lowest BCUT2D eigenvalue weighted by Gasteiger charge is -2.17. The summed E-state index contributed by atoms with van der Waals surface area (Å²) in [6, 6.07) is 16.8. The van der Waals surface area contributed by atoms with E-state index < -0.39 is 17.6 Å². The maximum atomic E-state index is 12.6. The van der Waals surface area contributed by atoms with Crippen molar-refractivity contribution in [1.29, 1.82) is 5.26 Å². The zero-order valence-electron chi connectivity index (χ0n) is 13.9. The van der Waals surface area contributed by atoms with E-state index in [0.29, 0.717) is 11.3 Å². The van der Waals surface area contributed by atoms with Crippen LogP contribution in [0.1, 0.15) is 20.7 Å². The Morgan fingerprint density at radius 3 is 2.28 bits per heavy atom. The maximum absolute atomic E-state index is 12.6. The molecule has 6 heteroatoms. The average molecular weight is 335 g/mol. The Morgan fingerprint density at radius 2 is 1.68 bits per heavy atom. The SMILES string of the molecule is CNC(=O)[C@@H](C#N)C(=O)c1cccc(C(=O)N(C)c2ccccc2)c1. The largest absolute Gasteiger partial charge is 0.358 e. The summed E-state index contributed by atoms with van der Waals surface area (Å²) in [7, 11) is 2.99. The number of Topliss-reactive ketones (excluding diaryl/α,β-unsaturated/α-hetero) is 1. The van der Waals surface area contributed by atoms with Gasteiger partial charge >= 0.3 is 0 Å². The summed E-state index contributed by atoms with van der Waals surface area (Å²) >= 11 is 0. The molecular formula is C19H17N3O3. The number of amides is 2. The minimum Gasteiger partial charge on any atom is -0.358 e. The van der Waals surface area contributed by atoms with Crippen molar-refractivity contribution < 1.29 is 14.4 Å². The van der Waals surface area contributed by atoms with E-state index in [1.807, 2.05) is 18.2 Å². The van der Waals surface area contributed by atoms with Gasteiger partial charge in [-0.2, -0.15) is 5.26 Å². The predicted molar refractivity (Wildman–Crippen MR) is 93.1 cm³/mol. The molecule has 0 saturated heterocycles. The highest BCUT2D eigenvalue weighted by atomic mass is 16.2. The second kappa shape index (κ2) is 7.88. The van der Waals surface area contributed by atoms with Crippen LogP contribution in [-0.2, 0) is 4.79 Å². The molecule has 0 heterocycles. The van der Waals surface area contributed by atoms with E-state index in [9.17, 15) is 14.4 Å². The van der Waals surface area contributed by atoms with Crippen molar-refractivity contribution in [2.45, 2.75) is 0 Å². The van der Waals surface area contributed by atoms with Gasteiger partial charge in [-0.1, -0.05) is 30.3 Å². The third-order valence-electron chi connectivity index (χ3n) is 3.74. The van der Waals surface area contributed by atoms with Crippen molar-refractivity contribution in [2.24, 2.45) is 5.92 Å². The lowest BCUT2D eigenvalue weighted by molar-refractivity contribution is -0.121. The molecule has 0 bridgehead atoms. The summed E-state index contributed by atoms with van der Waals surface area (Å²) in [6.45, 7) is 0. The van der Waals surface area contributed by atoms with E-state index in [0.717, 1.165) is 0 Å². The number of hydrogen-bond donors (Lipinski definition) is 1. The van der Waals surface area contributed by atoms with E-state index in [-0.39, 0.29) is 11.5 Å². The highest BCUT2D eigenvalue weighted by molar-refractivity contribution is 6.13. The van der Waals surface area contributed by atoms with Crippen molar-refractivity contribution in [1.82, 2.24) is 5.32 Å². The highest BCUT2D eigenvalue weighted by Crippen LogP contribution is 2.17. The molecule has 1 N–H and O–H groups in total. The van der Waals surface area contributed by atoms with Crippen molar-refractivity contribution in [3.8, 4) is 6.07 Å². The van der Waals surface area contributed by atoms with Crippen molar-refractivity contribution >= 4 is 23.3 Å². The number of nitriles is 1. The van der Waals surface area contributed by atoms with Gasteiger partial charge in [0.15, 0.2) is 11.7 Å². The maximum Gasteiger partial charge on any atom is 0.258 e. The number of para-hydroxylation sites is 1. The molecule has 6 nitrogen and oxygen atoms in total. The molecule has 2 amide bonds. The van der Waals surface area contributed by atoms with Crippen LogP contribution in [0.5, 0.6) is 0 Å². The lowest BCUT2D eigenvalue weighted by Crippen LogP contribution is -2.32. The van der Waals surface area contributed by atoms with Gasteiger partial charge in [0.05, 0.1) is 6.07 Å². The van der Waals surface area contributed by atoms with Gasteiger partial charge in [0, 0.05) is 30.9 Å². The van der Waals surface area contributed by atoms with Crippen LogP contribution in [0.15, 0.2) is 54.6 Å². The molecule has 0 aromatic heterocycles. The van der Waals surface area contributed by atoms with Crippen LogP contribution in [0.2, 0.25) is 0 Å². The Labute approximate surface area is 145 Å². The van der Waals surface area contributed by atoms with Crippen LogP contribution in [0.25, 0.3) is 0 Å². The first-order chi connectivity index (χ1) is 12.0. The molecule has 1 atom stereocenters. The number of benzene rings is 2. The van der Waals surface area contributed by atoms with Crippen molar-refractivity contribution in [3.05, 3.63) is 65.7 Å². The van der Waals surface area contributed by atoms with Crippen molar-refractivity contribution in [2.75, 3.05) is 19.0 Å². The molecule has 25 heavy (non-hydrogen) atoms. The number of nitrogens with one attached hydrogen (secondary N) is 1. The number of rotatable bonds is 5. The van der Waals surface area contributed by atoms with Gasteiger partial charge in [0.1, 0.15) is 0 Å². The van der Waals surface area contributed by atoms with Gasteiger partial charge in [-0.15, -0.1) is 0 Å². The number of carbonyl (C=O) groups excluding carboxylic acids is 3. The highest BCUT2D eigenvalue weighted by Gasteiger charge is 2.27. The smallest absolute Gasteiger partial charge is 0.258 e. The van der Waals surface area contributed by atoms with Crippen LogP contribution >= 0.6 is 0 Å². The fourth-order valence-electron chi connectivity index (χ4n) is 2.32. The molecule has 0 saturated carbocycles. The summed E-state index contributed by atoms with van der Waals surface area (Å²) in [4.78, 5) is 38.1. The Hall–Kier alpha value is -3.46. The van der Waals surface area contributed by atoms with Crippen LogP contribution < -0.4 is 10.2 Å². The van der Waals surface area contributed by atoms with Gasteiger partial charge in [-0.25, -0.2) is 0 Å². The quantitative estimate of drug-likeness (QED) is 0.669. The Morgan fingerprint density at radius 1 is 1.04 bits per heavy atom. The number of nitrogens with zero attached hydrogens (tertiary/aromatic N) is 2. The molecule has 126 valence electrons. The fourth-order valence-corrected chi connectivity index (χ4v) is 2.32. The first-order valence-electron chi connectivity index (χ1n) is 7.58. The van der Waals surface area contributed by atoms with Gasteiger partial charge < -0.3 is 10.2 Å². The molecule has 0 unspecified atom stereocenters. The number of anilines is 1.